The first-order valence-electron chi connectivity index (χ1n) is 20.5. The summed E-state index contributed by atoms with van der Waals surface area (Å²) < 4.78 is 0. The Morgan fingerprint density at radius 3 is 2.26 bits per heavy atom. The van der Waals surface area contributed by atoms with Crippen LogP contribution >= 0.6 is 0 Å². The van der Waals surface area contributed by atoms with Crippen LogP contribution in [0.25, 0.3) is 0 Å². The van der Waals surface area contributed by atoms with Crippen molar-refractivity contribution in [2.45, 2.75) is 82.7 Å². The molecule has 9 nitrogen and oxygen atoms in total. The molecule has 4 heterocycles. The molecule has 0 aromatic heterocycles. The first kappa shape index (κ1) is 35.1. The van der Waals surface area contributed by atoms with Crippen molar-refractivity contribution in [1.82, 2.24) is 15.1 Å². The van der Waals surface area contributed by atoms with Gasteiger partial charge in [-0.05, 0) is 134 Å². The second-order valence-electron chi connectivity index (χ2n) is 16.6. The van der Waals surface area contributed by atoms with E-state index < -0.39 is 6.04 Å². The van der Waals surface area contributed by atoms with E-state index in [0.717, 1.165) is 69.9 Å². The number of aromatic hydroxyl groups is 1. The van der Waals surface area contributed by atoms with Crippen LogP contribution in [0.15, 0.2) is 72.3 Å². The molecule has 3 aromatic rings. The average molecular weight is 728 g/mol. The number of aryl methyl sites for hydroxylation is 1. The summed E-state index contributed by atoms with van der Waals surface area (Å²) in [5, 5.41) is 12.6. The average Bonchev–Trinajstić information content (AvgIpc) is 3.53. The number of benzene rings is 3. The Morgan fingerprint density at radius 2 is 1.50 bits per heavy atom. The van der Waals surface area contributed by atoms with E-state index in [9.17, 15) is 19.5 Å². The summed E-state index contributed by atoms with van der Waals surface area (Å²) in [6.45, 7) is 7.72. The van der Waals surface area contributed by atoms with Crippen LogP contribution in [0.5, 0.6) is 5.75 Å². The maximum atomic E-state index is 13.2. The number of piperidine rings is 2. The van der Waals surface area contributed by atoms with E-state index in [-0.39, 0.29) is 24.1 Å². The fourth-order valence-corrected chi connectivity index (χ4v) is 10.4. The second-order valence-corrected chi connectivity index (χ2v) is 16.6. The number of phenols is 1. The minimum atomic E-state index is -0.582. The van der Waals surface area contributed by atoms with Gasteiger partial charge >= 0.3 is 0 Å². The van der Waals surface area contributed by atoms with Gasteiger partial charge < -0.3 is 19.8 Å². The molecule has 3 amide bonds. The van der Waals surface area contributed by atoms with E-state index in [1.165, 1.54) is 60.9 Å². The van der Waals surface area contributed by atoms with Crippen LogP contribution < -0.4 is 15.1 Å². The number of allylic oxidation sites excluding steroid dienone is 2. The third-order valence-corrected chi connectivity index (χ3v) is 13.4. The third kappa shape index (κ3) is 6.91. The van der Waals surface area contributed by atoms with E-state index in [4.69, 9.17) is 0 Å². The van der Waals surface area contributed by atoms with E-state index >= 15 is 0 Å². The molecule has 2 aliphatic carbocycles. The lowest BCUT2D eigenvalue weighted by molar-refractivity contribution is -0.136. The molecular formula is C45H53N5O4. The Labute approximate surface area is 319 Å². The van der Waals surface area contributed by atoms with Gasteiger partial charge in [0, 0.05) is 81.6 Å². The van der Waals surface area contributed by atoms with Crippen LogP contribution in [0.4, 0.5) is 11.4 Å². The van der Waals surface area contributed by atoms with Crippen LogP contribution in [0.1, 0.15) is 96.3 Å². The molecule has 2 N–H and O–H groups in total. The van der Waals surface area contributed by atoms with Crippen molar-refractivity contribution in [2.75, 3.05) is 55.6 Å². The number of fused-ring (bicyclic) bond motifs is 2. The van der Waals surface area contributed by atoms with Crippen molar-refractivity contribution in [1.29, 1.82) is 0 Å². The van der Waals surface area contributed by atoms with Crippen molar-refractivity contribution in [2.24, 2.45) is 11.8 Å². The minimum Gasteiger partial charge on any atom is -0.508 e. The van der Waals surface area contributed by atoms with Crippen LogP contribution in [0.3, 0.4) is 0 Å². The maximum Gasteiger partial charge on any atom is 0.255 e. The summed E-state index contributed by atoms with van der Waals surface area (Å²) in [6, 6.07) is 21.1. The molecule has 6 aliphatic rings. The smallest absolute Gasteiger partial charge is 0.255 e. The zero-order valence-electron chi connectivity index (χ0n) is 31.3. The largest absolute Gasteiger partial charge is 0.508 e. The zero-order valence-corrected chi connectivity index (χ0v) is 31.3. The number of rotatable bonds is 7. The highest BCUT2D eigenvalue weighted by Gasteiger charge is 2.39. The topological polar surface area (TPSA) is 96.4 Å². The highest BCUT2D eigenvalue weighted by molar-refractivity contribution is 6.05. The number of hydrogen-bond donors (Lipinski definition) is 2. The molecule has 9 heteroatoms. The lowest BCUT2D eigenvalue weighted by Crippen LogP contribution is -2.52. The van der Waals surface area contributed by atoms with Gasteiger partial charge in [0.2, 0.25) is 11.8 Å². The molecule has 282 valence electrons. The molecule has 3 saturated heterocycles. The van der Waals surface area contributed by atoms with Gasteiger partial charge in [0.15, 0.2) is 0 Å². The summed E-state index contributed by atoms with van der Waals surface area (Å²) in [5.74, 6) is 1.23. The molecule has 9 rings (SSSR count). The van der Waals surface area contributed by atoms with Crippen molar-refractivity contribution >= 4 is 29.1 Å². The zero-order chi connectivity index (χ0) is 36.8. The number of anilines is 2. The van der Waals surface area contributed by atoms with Crippen molar-refractivity contribution in [3.05, 3.63) is 100 Å². The molecule has 3 aromatic carbocycles. The summed E-state index contributed by atoms with van der Waals surface area (Å²) in [6.07, 6.45) is 12.8. The van der Waals surface area contributed by atoms with Crippen molar-refractivity contribution in [3.8, 4) is 5.75 Å². The maximum absolute atomic E-state index is 13.2. The van der Waals surface area contributed by atoms with Gasteiger partial charge in [0.05, 0.1) is 0 Å². The Balaban J connectivity index is 0.777. The molecule has 0 unspecified atom stereocenters. The number of piperazine rings is 1. The van der Waals surface area contributed by atoms with Crippen LogP contribution in [-0.2, 0) is 22.6 Å². The van der Waals surface area contributed by atoms with Crippen molar-refractivity contribution < 1.29 is 19.5 Å². The SMILES string of the molecule is O=C1CC[C@H](N2Cc3cc(N4CCN(CC5CCN(c6ccc([C@@H]7c8ccc(O)cc8CC[C@@H]7C7=CCCCC7)cc6)CC5)CC4)ccc3C2=O)C(=O)N1. The number of imide groups is 1. The highest BCUT2D eigenvalue weighted by Crippen LogP contribution is 2.47. The molecular weight excluding hydrogens is 675 g/mol. The number of nitrogens with one attached hydrogen (secondary N) is 1. The molecule has 0 saturated carbocycles. The lowest BCUT2D eigenvalue weighted by Gasteiger charge is -2.40. The van der Waals surface area contributed by atoms with Gasteiger partial charge in [0.1, 0.15) is 11.8 Å². The summed E-state index contributed by atoms with van der Waals surface area (Å²) in [4.78, 5) is 46.5. The van der Waals surface area contributed by atoms with Crippen LogP contribution in [0.2, 0.25) is 0 Å². The van der Waals surface area contributed by atoms with E-state index in [0.29, 0.717) is 42.0 Å². The molecule has 3 atom stereocenters. The summed E-state index contributed by atoms with van der Waals surface area (Å²) in [5.41, 5.74) is 9.86. The predicted octanol–water partition coefficient (Wildman–Crippen LogP) is 6.39. The third-order valence-electron chi connectivity index (χ3n) is 13.4. The number of hydrogen-bond acceptors (Lipinski definition) is 7. The van der Waals surface area contributed by atoms with Gasteiger partial charge in [-0.3, -0.25) is 24.6 Å². The van der Waals surface area contributed by atoms with Gasteiger partial charge in [-0.1, -0.05) is 29.8 Å². The molecule has 0 radical (unpaired) electrons. The number of carbonyl (C=O) groups excluding carboxylic acids is 3. The van der Waals surface area contributed by atoms with Crippen molar-refractivity contribution in [3.63, 3.8) is 0 Å². The quantitative estimate of drug-likeness (QED) is 0.215. The fourth-order valence-electron chi connectivity index (χ4n) is 10.4. The van der Waals surface area contributed by atoms with Crippen LogP contribution in [-0.4, -0.2) is 84.5 Å². The van der Waals surface area contributed by atoms with Gasteiger partial charge in [-0.25, -0.2) is 0 Å². The monoisotopic (exact) mass is 727 g/mol. The van der Waals surface area contributed by atoms with Crippen LogP contribution in [0, 0.1) is 11.8 Å². The Morgan fingerprint density at radius 1 is 0.722 bits per heavy atom. The molecule has 4 aliphatic heterocycles. The Hall–Kier alpha value is -4.63. The highest BCUT2D eigenvalue weighted by atomic mass is 16.3. The fraction of sp³-hybridized carbons (Fsp3) is 0.489. The first-order valence-corrected chi connectivity index (χ1v) is 20.5. The molecule has 0 bridgehead atoms. The summed E-state index contributed by atoms with van der Waals surface area (Å²) in [7, 11) is 0. The standard InChI is InChI=1S/C45H53N5O4/c51-37-12-15-39-33(27-37)8-13-38(31-4-2-1-3-5-31)43(39)32-6-9-35(10-7-32)48-20-18-30(19-21-48)28-47-22-24-49(25-23-47)36-11-14-40-34(26-36)29-50(45(40)54)41-16-17-42(52)46-44(41)53/h4,6-7,9-12,14-15,26-27,30,38,41,43,51H,1-3,5,8,13,16-25,28-29H2,(H,46,52,53)/t38-,41+,43+/m1/s1. The normalized spacial score (nSPS) is 25.3. The lowest BCUT2D eigenvalue weighted by atomic mass is 9.67. The Bertz CT molecular complexity index is 1940. The van der Waals surface area contributed by atoms with Gasteiger partial charge in [0.25, 0.3) is 5.91 Å². The van der Waals surface area contributed by atoms with Gasteiger partial charge in [-0.2, -0.15) is 0 Å². The van der Waals surface area contributed by atoms with E-state index in [2.05, 4.69) is 68.6 Å². The number of amides is 3. The predicted molar refractivity (Wildman–Crippen MR) is 211 cm³/mol. The number of phenolic OH excluding ortho intramolecular Hbond substituents is 1. The number of nitrogens with zero attached hydrogens (tertiary/aromatic N) is 4. The minimum absolute atomic E-state index is 0.117. The first-order chi connectivity index (χ1) is 26.4. The summed E-state index contributed by atoms with van der Waals surface area (Å²) >= 11 is 0. The molecule has 0 spiro atoms. The Kier molecular flexibility index (Phi) is 9.68. The molecule has 54 heavy (non-hydrogen) atoms. The number of carbonyl (C=O) groups is 3. The van der Waals surface area contributed by atoms with E-state index in [1.807, 2.05) is 18.2 Å². The second kappa shape index (κ2) is 14.9. The molecule has 3 fully saturated rings. The van der Waals surface area contributed by atoms with Gasteiger partial charge in [-0.15, -0.1) is 0 Å². The van der Waals surface area contributed by atoms with E-state index in [1.54, 1.807) is 10.5 Å².